The first-order valence-electron chi connectivity index (χ1n) is 25.0. The number of fused-ring (bicyclic) bond motifs is 4. The number of benzene rings is 6. The first-order valence-corrected chi connectivity index (χ1v) is 25.0. The van der Waals surface area contributed by atoms with Crippen LogP contribution in [0.15, 0.2) is 163 Å². The van der Waals surface area contributed by atoms with Crippen LogP contribution in [0, 0.1) is 29.1 Å². The number of nitriles is 1. The molecule has 10 rings (SSSR count). The number of amides is 1. The van der Waals surface area contributed by atoms with Crippen LogP contribution in [0.3, 0.4) is 0 Å². The van der Waals surface area contributed by atoms with Crippen molar-refractivity contribution in [2.75, 3.05) is 26.6 Å². The van der Waals surface area contributed by atoms with Gasteiger partial charge in [0.25, 0.3) is 5.91 Å². The average Bonchev–Trinajstić information content (AvgIpc) is 3.89. The Morgan fingerprint density at radius 3 is 2.33 bits per heavy atom. The quantitative estimate of drug-likeness (QED) is 0.0430. The van der Waals surface area contributed by atoms with Crippen molar-refractivity contribution in [2.45, 2.75) is 75.8 Å². The topological polar surface area (TPSA) is 152 Å². The van der Waals surface area contributed by atoms with Crippen LogP contribution in [0.4, 0.5) is 0 Å². The molecule has 6 aromatic carbocycles. The number of carbonyl (C=O) groups is 1. The number of unbranched alkanes of at least 4 members (excludes halogenated alkanes) is 2. The Labute approximate surface area is 420 Å². The summed E-state index contributed by atoms with van der Waals surface area (Å²) in [5.74, 6) is 0.500. The van der Waals surface area contributed by atoms with Crippen LogP contribution in [0.25, 0.3) is 10.8 Å². The van der Waals surface area contributed by atoms with E-state index < -0.39 is 17.7 Å². The zero-order valence-electron chi connectivity index (χ0n) is 40.2. The van der Waals surface area contributed by atoms with E-state index in [2.05, 4.69) is 43.0 Å². The van der Waals surface area contributed by atoms with Crippen molar-refractivity contribution in [3.8, 4) is 34.8 Å². The number of aliphatic hydroxyl groups excluding tert-OH is 2. The van der Waals surface area contributed by atoms with Gasteiger partial charge < -0.3 is 43.6 Å². The van der Waals surface area contributed by atoms with Gasteiger partial charge in [0, 0.05) is 43.2 Å². The Balaban J connectivity index is 1.18. The lowest BCUT2D eigenvalue weighted by molar-refractivity contribution is -0.255. The van der Waals surface area contributed by atoms with Crippen molar-refractivity contribution in [3.63, 3.8) is 0 Å². The van der Waals surface area contributed by atoms with Crippen molar-refractivity contribution in [1.29, 1.82) is 5.26 Å². The predicted molar refractivity (Wildman–Crippen MR) is 274 cm³/mol. The second-order valence-electron chi connectivity index (χ2n) is 19.0. The maximum absolute atomic E-state index is 15.6. The summed E-state index contributed by atoms with van der Waals surface area (Å²) in [7, 11) is 0. The van der Waals surface area contributed by atoms with Crippen molar-refractivity contribution in [3.05, 3.63) is 186 Å². The molecule has 2 aliphatic carbocycles. The molecule has 1 fully saturated rings. The number of aliphatic hydroxyl groups is 2. The highest BCUT2D eigenvalue weighted by Crippen LogP contribution is 2.62. The Morgan fingerprint density at radius 1 is 0.806 bits per heavy atom. The van der Waals surface area contributed by atoms with E-state index in [0.29, 0.717) is 58.4 Å². The molecule has 6 atom stereocenters. The molecule has 0 spiro atoms. The van der Waals surface area contributed by atoms with E-state index in [1.165, 1.54) is 0 Å². The normalized spacial score (nSPS) is 21.9. The maximum Gasteiger partial charge on any atom is 0.254 e. The lowest BCUT2D eigenvalue weighted by Gasteiger charge is -2.60. The number of hydrogen-bond acceptors (Lipinski definition) is 11. The highest BCUT2D eigenvalue weighted by atomic mass is 16.7. The fourth-order valence-corrected chi connectivity index (χ4v) is 11.3. The van der Waals surface area contributed by atoms with Crippen molar-refractivity contribution < 1.29 is 43.5 Å². The standard InChI is InChI=1S/C60H59N3O9/c1-2-30-69-60-56(63(59(66)44-21-18-40(36-61)19-22-44)37-42-20-26-54-55(31-42)68-39-67-54)35-52(62-70-38-41-12-4-3-5-13-41)50-33-46(16-8-10-28-64)49(17-9-11-29-65)57(58(50)60)51-34-48(25-27-53(51)72-60)71-47-24-23-43-14-6-7-15-45(43)32-47/h2-7,12-15,18-27,31-34,46,49,56-58,64-65H,1,8-11,16-17,28-30,35,37-39H2/t46-,49+,56-,57+,58+,60+/m0/s1. The summed E-state index contributed by atoms with van der Waals surface area (Å²) in [6.45, 7) is 4.79. The fraction of sp³-hybridized carbons (Fsp3) is 0.317. The summed E-state index contributed by atoms with van der Waals surface area (Å²) in [6.07, 6.45) is 8.66. The van der Waals surface area contributed by atoms with E-state index in [4.69, 9.17) is 33.7 Å². The van der Waals surface area contributed by atoms with Crippen LogP contribution in [0.5, 0.6) is 28.7 Å². The Kier molecular flexibility index (Phi) is 14.7. The summed E-state index contributed by atoms with van der Waals surface area (Å²) in [6, 6.07) is 43.8. The van der Waals surface area contributed by atoms with Gasteiger partial charge in [-0.3, -0.25) is 4.79 Å². The monoisotopic (exact) mass is 965 g/mol. The number of ether oxygens (including phenoxy) is 5. The van der Waals surface area contributed by atoms with Gasteiger partial charge >= 0.3 is 0 Å². The number of oxime groups is 1. The number of nitrogens with zero attached hydrogens (tertiary/aromatic N) is 3. The van der Waals surface area contributed by atoms with Crippen LogP contribution in [-0.2, 0) is 22.7 Å². The predicted octanol–water partition coefficient (Wildman–Crippen LogP) is 11.4. The third-order valence-electron chi connectivity index (χ3n) is 14.5. The van der Waals surface area contributed by atoms with Gasteiger partial charge in [0.2, 0.25) is 12.6 Å². The first-order chi connectivity index (χ1) is 35.4. The van der Waals surface area contributed by atoms with E-state index in [1.807, 2.05) is 89.8 Å². The van der Waals surface area contributed by atoms with Gasteiger partial charge in [0.15, 0.2) is 11.5 Å². The van der Waals surface area contributed by atoms with Crippen molar-refractivity contribution >= 4 is 22.4 Å². The molecule has 0 unspecified atom stereocenters. The van der Waals surface area contributed by atoms with E-state index >= 15 is 4.79 Å². The van der Waals surface area contributed by atoms with Crippen LogP contribution < -0.4 is 18.9 Å². The smallest absolute Gasteiger partial charge is 0.254 e. The van der Waals surface area contributed by atoms with Gasteiger partial charge in [-0.05, 0) is 132 Å². The fourth-order valence-electron chi connectivity index (χ4n) is 11.3. The lowest BCUT2D eigenvalue weighted by atomic mass is 9.55. The highest BCUT2D eigenvalue weighted by molar-refractivity contribution is 6.03. The molecule has 0 aromatic heterocycles. The average molecular weight is 966 g/mol. The third kappa shape index (κ3) is 9.93. The highest BCUT2D eigenvalue weighted by Gasteiger charge is 2.65. The second-order valence-corrected chi connectivity index (χ2v) is 19.0. The Morgan fingerprint density at radius 2 is 1.54 bits per heavy atom. The molecule has 1 saturated carbocycles. The zero-order valence-corrected chi connectivity index (χ0v) is 40.2. The minimum atomic E-state index is -1.53. The Bertz CT molecular complexity index is 3000. The van der Waals surface area contributed by atoms with Gasteiger partial charge in [0.05, 0.1) is 29.9 Å². The number of allylic oxidation sites excluding steroid dienone is 1. The van der Waals surface area contributed by atoms with Crippen LogP contribution in [0.1, 0.15) is 83.5 Å². The van der Waals surface area contributed by atoms with Gasteiger partial charge in [0.1, 0.15) is 29.9 Å². The molecule has 1 amide bonds. The molecule has 72 heavy (non-hydrogen) atoms. The van der Waals surface area contributed by atoms with E-state index in [9.17, 15) is 15.5 Å². The van der Waals surface area contributed by atoms with Gasteiger partial charge in [-0.2, -0.15) is 5.26 Å². The van der Waals surface area contributed by atoms with Crippen LogP contribution >= 0.6 is 0 Å². The molecular formula is C60H59N3O9. The summed E-state index contributed by atoms with van der Waals surface area (Å²) >= 11 is 0. The lowest BCUT2D eigenvalue weighted by Crippen LogP contribution is -2.70. The van der Waals surface area contributed by atoms with Gasteiger partial charge in [-0.25, -0.2) is 0 Å². The zero-order chi connectivity index (χ0) is 49.4. The molecule has 4 aliphatic rings. The molecule has 0 radical (unpaired) electrons. The second kappa shape index (κ2) is 21.9. The summed E-state index contributed by atoms with van der Waals surface area (Å²) in [5.41, 5.74) is 5.08. The number of rotatable bonds is 20. The Hall–Kier alpha value is -7.43. The molecule has 6 aromatic rings. The number of carbonyl (C=O) groups excluding carboxylic acids is 1. The van der Waals surface area contributed by atoms with E-state index in [0.717, 1.165) is 58.7 Å². The van der Waals surface area contributed by atoms with Crippen LogP contribution in [0.2, 0.25) is 0 Å². The molecule has 2 aliphatic heterocycles. The van der Waals surface area contributed by atoms with Crippen molar-refractivity contribution in [1.82, 2.24) is 4.90 Å². The minimum absolute atomic E-state index is 0.00366. The van der Waals surface area contributed by atoms with Crippen LogP contribution in [-0.4, -0.2) is 65.2 Å². The summed E-state index contributed by atoms with van der Waals surface area (Å²) in [4.78, 5) is 23.8. The van der Waals surface area contributed by atoms with Gasteiger partial charge in [-0.1, -0.05) is 96.9 Å². The number of hydrogen-bond donors (Lipinski definition) is 2. The van der Waals surface area contributed by atoms with E-state index in [-0.39, 0.29) is 69.8 Å². The molecule has 368 valence electrons. The third-order valence-corrected chi connectivity index (χ3v) is 14.5. The van der Waals surface area contributed by atoms with Crippen molar-refractivity contribution in [2.24, 2.45) is 22.9 Å². The first kappa shape index (κ1) is 48.2. The minimum Gasteiger partial charge on any atom is -0.459 e. The van der Waals surface area contributed by atoms with Gasteiger partial charge in [-0.15, -0.1) is 6.58 Å². The molecule has 2 heterocycles. The molecule has 2 N–H and O–H groups in total. The molecule has 0 saturated heterocycles. The maximum atomic E-state index is 15.6. The molecule has 12 heteroatoms. The summed E-state index contributed by atoms with van der Waals surface area (Å²) < 4.78 is 33.1. The summed E-state index contributed by atoms with van der Waals surface area (Å²) in [5, 5.41) is 37.2. The largest absolute Gasteiger partial charge is 0.459 e. The SMILES string of the molecule is C=CCO[C@@]12Oc3ccc(Oc4ccc5ccccc5c4)cc3[C@H]3[C@H](CCCCO)[C@@H](CCCCO)C=C(C(=NOCc4ccccc4)C[C@@H]1N(Cc1ccc4c(c1)OCO4)C(=O)c1ccc(C#N)cc1)[C@H]32. The van der Waals surface area contributed by atoms with E-state index in [1.54, 1.807) is 30.3 Å². The molecular weight excluding hydrogens is 907 g/mol. The molecule has 12 nitrogen and oxygen atoms in total. The molecule has 0 bridgehead atoms.